The smallest absolute Gasteiger partial charge is 0.257 e. The van der Waals surface area contributed by atoms with Gasteiger partial charge in [0.15, 0.2) is 0 Å². The molecule has 3 aromatic rings. The van der Waals surface area contributed by atoms with Gasteiger partial charge in [-0.1, -0.05) is 18.2 Å². The van der Waals surface area contributed by atoms with Crippen molar-refractivity contribution in [2.24, 2.45) is 0 Å². The lowest BCUT2D eigenvalue weighted by Crippen LogP contribution is -2.40. The van der Waals surface area contributed by atoms with Gasteiger partial charge in [0.25, 0.3) is 5.91 Å². The van der Waals surface area contributed by atoms with E-state index in [-0.39, 0.29) is 5.91 Å². The molecule has 3 heterocycles. The molecule has 0 radical (unpaired) electrons. The van der Waals surface area contributed by atoms with E-state index in [9.17, 15) is 4.79 Å². The molecule has 24 heavy (non-hydrogen) atoms. The van der Waals surface area contributed by atoms with Gasteiger partial charge in [-0.15, -0.1) is 0 Å². The van der Waals surface area contributed by atoms with Crippen molar-refractivity contribution in [1.29, 1.82) is 0 Å². The molecular formula is C18H17N3O2S. The van der Waals surface area contributed by atoms with E-state index >= 15 is 0 Å². The summed E-state index contributed by atoms with van der Waals surface area (Å²) in [6.45, 7) is 2.43. The monoisotopic (exact) mass is 339 g/mol. The maximum absolute atomic E-state index is 13.0. The number of hydrogen-bond acceptors (Lipinski definition) is 4. The van der Waals surface area contributed by atoms with Crippen LogP contribution in [0.5, 0.6) is 0 Å². The molecule has 1 aliphatic rings. The number of morpholine rings is 1. The van der Waals surface area contributed by atoms with E-state index in [2.05, 4.69) is 5.10 Å². The van der Waals surface area contributed by atoms with Crippen molar-refractivity contribution in [3.05, 3.63) is 58.9 Å². The van der Waals surface area contributed by atoms with Gasteiger partial charge < -0.3 is 9.64 Å². The number of thiophene rings is 1. The molecule has 1 amide bonds. The molecule has 122 valence electrons. The molecule has 0 spiro atoms. The van der Waals surface area contributed by atoms with Crippen molar-refractivity contribution in [2.75, 3.05) is 26.3 Å². The lowest BCUT2D eigenvalue weighted by molar-refractivity contribution is 0.0303. The van der Waals surface area contributed by atoms with Crippen molar-refractivity contribution in [3.8, 4) is 16.9 Å². The third-order valence-electron chi connectivity index (χ3n) is 4.06. The quantitative estimate of drug-likeness (QED) is 0.737. The van der Waals surface area contributed by atoms with Crippen LogP contribution >= 0.6 is 11.3 Å². The van der Waals surface area contributed by atoms with Crippen LogP contribution in [0.4, 0.5) is 0 Å². The number of amides is 1. The highest BCUT2D eigenvalue weighted by Crippen LogP contribution is 2.27. The molecule has 0 saturated carbocycles. The van der Waals surface area contributed by atoms with E-state index < -0.39 is 0 Å². The molecule has 0 atom stereocenters. The molecular weight excluding hydrogens is 322 g/mol. The summed E-state index contributed by atoms with van der Waals surface area (Å²) in [7, 11) is 0. The number of carbonyl (C=O) groups excluding carboxylic acids is 1. The maximum atomic E-state index is 13.0. The minimum atomic E-state index is 0.0154. The van der Waals surface area contributed by atoms with Crippen LogP contribution in [-0.2, 0) is 4.74 Å². The van der Waals surface area contributed by atoms with Crippen LogP contribution in [0.15, 0.2) is 53.4 Å². The SMILES string of the molecule is O=C(c1cn(-c2ccccc2)nc1-c1ccsc1)N1CCOCC1. The van der Waals surface area contributed by atoms with Crippen LogP contribution in [0.3, 0.4) is 0 Å². The van der Waals surface area contributed by atoms with Crippen molar-refractivity contribution in [3.63, 3.8) is 0 Å². The van der Waals surface area contributed by atoms with E-state index in [4.69, 9.17) is 4.74 Å². The Morgan fingerprint density at radius 3 is 2.62 bits per heavy atom. The minimum Gasteiger partial charge on any atom is -0.378 e. The number of ether oxygens (including phenoxy) is 1. The van der Waals surface area contributed by atoms with Gasteiger partial charge in [0.05, 0.1) is 24.5 Å². The predicted octanol–water partition coefficient (Wildman–Crippen LogP) is 3.07. The molecule has 1 saturated heterocycles. The fourth-order valence-corrected chi connectivity index (χ4v) is 3.43. The van der Waals surface area contributed by atoms with Gasteiger partial charge in [-0.25, -0.2) is 4.68 Å². The first kappa shape index (κ1) is 15.1. The zero-order valence-corrected chi connectivity index (χ0v) is 13.9. The largest absolute Gasteiger partial charge is 0.378 e. The first-order valence-electron chi connectivity index (χ1n) is 7.87. The second kappa shape index (κ2) is 6.59. The van der Waals surface area contributed by atoms with Gasteiger partial charge in [0.2, 0.25) is 0 Å². The van der Waals surface area contributed by atoms with E-state index in [1.54, 1.807) is 16.0 Å². The number of para-hydroxylation sites is 1. The maximum Gasteiger partial charge on any atom is 0.257 e. The molecule has 5 nitrogen and oxygen atoms in total. The van der Waals surface area contributed by atoms with Crippen molar-refractivity contribution >= 4 is 17.2 Å². The van der Waals surface area contributed by atoms with E-state index in [1.807, 2.05) is 58.3 Å². The van der Waals surface area contributed by atoms with Crippen LogP contribution in [0.2, 0.25) is 0 Å². The first-order chi connectivity index (χ1) is 11.8. The van der Waals surface area contributed by atoms with Crippen LogP contribution in [0.1, 0.15) is 10.4 Å². The fourth-order valence-electron chi connectivity index (χ4n) is 2.79. The van der Waals surface area contributed by atoms with Gasteiger partial charge in [0.1, 0.15) is 5.69 Å². The molecule has 0 bridgehead atoms. The Kier molecular flexibility index (Phi) is 4.15. The van der Waals surface area contributed by atoms with Crippen molar-refractivity contribution < 1.29 is 9.53 Å². The zero-order valence-electron chi connectivity index (χ0n) is 13.1. The highest BCUT2D eigenvalue weighted by molar-refractivity contribution is 7.08. The third kappa shape index (κ3) is 2.86. The van der Waals surface area contributed by atoms with Crippen molar-refractivity contribution in [2.45, 2.75) is 0 Å². The lowest BCUT2D eigenvalue weighted by Gasteiger charge is -2.26. The molecule has 6 heteroatoms. The summed E-state index contributed by atoms with van der Waals surface area (Å²) in [5, 5.41) is 8.70. The van der Waals surface area contributed by atoms with E-state index in [0.29, 0.717) is 31.9 Å². The Morgan fingerprint density at radius 2 is 1.92 bits per heavy atom. The Hall–Kier alpha value is -2.44. The molecule has 0 unspecified atom stereocenters. The Morgan fingerprint density at radius 1 is 1.12 bits per heavy atom. The highest BCUT2D eigenvalue weighted by atomic mass is 32.1. The van der Waals surface area contributed by atoms with Gasteiger partial charge >= 0.3 is 0 Å². The van der Waals surface area contributed by atoms with Crippen LogP contribution in [-0.4, -0.2) is 46.9 Å². The highest BCUT2D eigenvalue weighted by Gasteiger charge is 2.24. The Bertz CT molecular complexity index is 821. The average molecular weight is 339 g/mol. The Labute approximate surface area is 144 Å². The number of aromatic nitrogens is 2. The van der Waals surface area contributed by atoms with Crippen LogP contribution < -0.4 is 0 Å². The molecule has 4 rings (SSSR count). The fraction of sp³-hybridized carbons (Fsp3) is 0.222. The number of hydrogen-bond donors (Lipinski definition) is 0. The van der Waals surface area contributed by atoms with E-state index in [1.165, 1.54) is 0 Å². The first-order valence-corrected chi connectivity index (χ1v) is 8.82. The number of nitrogens with zero attached hydrogens (tertiary/aromatic N) is 3. The summed E-state index contributed by atoms with van der Waals surface area (Å²) >= 11 is 1.60. The second-order valence-electron chi connectivity index (χ2n) is 5.59. The van der Waals surface area contributed by atoms with Gasteiger partial charge in [-0.2, -0.15) is 16.4 Å². The molecule has 1 aromatic carbocycles. The second-order valence-corrected chi connectivity index (χ2v) is 6.37. The van der Waals surface area contributed by atoms with Crippen LogP contribution in [0.25, 0.3) is 16.9 Å². The molecule has 0 aliphatic carbocycles. The number of carbonyl (C=O) groups is 1. The standard InChI is InChI=1S/C18H17N3O2S/c22-18(20-7-9-23-10-8-20)16-12-21(15-4-2-1-3-5-15)19-17(16)14-6-11-24-13-14/h1-6,11-13H,7-10H2. The summed E-state index contributed by atoms with van der Waals surface area (Å²) in [4.78, 5) is 14.8. The molecule has 2 aromatic heterocycles. The number of benzene rings is 1. The summed E-state index contributed by atoms with van der Waals surface area (Å²) in [5.74, 6) is 0.0154. The van der Waals surface area contributed by atoms with Crippen LogP contribution in [0, 0.1) is 0 Å². The topological polar surface area (TPSA) is 47.4 Å². The normalized spacial score (nSPS) is 14.8. The summed E-state index contributed by atoms with van der Waals surface area (Å²) in [5.41, 5.74) is 3.29. The zero-order chi connectivity index (χ0) is 16.4. The summed E-state index contributed by atoms with van der Waals surface area (Å²) in [6, 6.07) is 11.8. The molecule has 1 aliphatic heterocycles. The van der Waals surface area contributed by atoms with Gasteiger partial charge in [-0.05, 0) is 23.6 Å². The minimum absolute atomic E-state index is 0.0154. The lowest BCUT2D eigenvalue weighted by atomic mass is 10.1. The molecule has 1 fully saturated rings. The van der Waals surface area contributed by atoms with Gasteiger partial charge in [-0.3, -0.25) is 4.79 Å². The number of rotatable bonds is 3. The summed E-state index contributed by atoms with van der Waals surface area (Å²) < 4.78 is 7.13. The molecule has 0 N–H and O–H groups in total. The third-order valence-corrected chi connectivity index (χ3v) is 4.74. The average Bonchev–Trinajstić information content (AvgIpc) is 3.32. The van der Waals surface area contributed by atoms with Crippen molar-refractivity contribution in [1.82, 2.24) is 14.7 Å². The summed E-state index contributed by atoms with van der Waals surface area (Å²) in [6.07, 6.45) is 1.83. The predicted molar refractivity (Wildman–Crippen MR) is 93.6 cm³/mol. The van der Waals surface area contributed by atoms with Gasteiger partial charge in [0, 0.05) is 30.2 Å². The Balaban J connectivity index is 1.76. The van der Waals surface area contributed by atoms with E-state index in [0.717, 1.165) is 16.9 Å².